The normalized spacial score (nSPS) is 14.4. The molecule has 5 rings (SSSR count). The molecule has 1 amide bonds. The number of β-amino-alcohol motifs (C(OH)–C–C–N with tert-alkyl or cyclic N) is 1. The minimum atomic E-state index is -0.671. The van der Waals surface area contributed by atoms with Gasteiger partial charge in [0, 0.05) is 73.3 Å². The topological polar surface area (TPSA) is 98.6 Å². The van der Waals surface area contributed by atoms with Crippen LogP contribution in [-0.2, 0) is 4.79 Å². The predicted molar refractivity (Wildman–Crippen MR) is 152 cm³/mol. The van der Waals surface area contributed by atoms with Gasteiger partial charge >= 0.3 is 0 Å². The minimum Gasteiger partial charge on any atom is -0.389 e. The Balaban J connectivity index is 1.28. The maximum absolute atomic E-state index is 11.7. The first-order valence-corrected chi connectivity index (χ1v) is 12.7. The van der Waals surface area contributed by atoms with E-state index in [-0.39, 0.29) is 5.91 Å². The van der Waals surface area contributed by atoms with Crippen molar-refractivity contribution in [3.63, 3.8) is 0 Å². The zero-order valence-electron chi connectivity index (χ0n) is 21.8. The molecule has 4 aromatic rings. The summed E-state index contributed by atoms with van der Waals surface area (Å²) < 4.78 is 1.96. The van der Waals surface area contributed by atoms with Gasteiger partial charge in [0.1, 0.15) is 5.65 Å². The molecule has 2 aromatic carbocycles. The molecule has 1 aliphatic rings. The highest BCUT2D eigenvalue weighted by Crippen LogP contribution is 2.25. The van der Waals surface area contributed by atoms with Crippen LogP contribution in [0.15, 0.2) is 79.6 Å². The van der Waals surface area contributed by atoms with Crippen LogP contribution in [0.2, 0.25) is 0 Å². The number of aromatic nitrogens is 3. The average Bonchev–Trinajstić information content (AvgIpc) is 3.32. The van der Waals surface area contributed by atoms with Crippen molar-refractivity contribution < 1.29 is 9.90 Å². The van der Waals surface area contributed by atoms with Gasteiger partial charge in [0.05, 0.1) is 5.60 Å². The van der Waals surface area contributed by atoms with E-state index >= 15 is 0 Å². The summed E-state index contributed by atoms with van der Waals surface area (Å²) in [5, 5.41) is 17.1. The number of hydrogen-bond donors (Lipinski definition) is 3. The Morgan fingerprint density at radius 3 is 2.53 bits per heavy atom. The van der Waals surface area contributed by atoms with Crippen molar-refractivity contribution in [3.8, 4) is 5.69 Å². The fourth-order valence-corrected chi connectivity index (χ4v) is 4.71. The monoisotopic (exact) mass is 511 g/mol. The smallest absolute Gasteiger partial charge is 0.247 e. The number of carbonyl (C=O) groups is 1. The minimum absolute atomic E-state index is 0.257. The zero-order chi connectivity index (χ0) is 26.7. The number of aliphatic hydroxyl groups is 1. The van der Waals surface area contributed by atoms with Gasteiger partial charge < -0.3 is 25.2 Å². The van der Waals surface area contributed by atoms with Crippen LogP contribution in [0.4, 0.5) is 23.0 Å². The van der Waals surface area contributed by atoms with Crippen molar-refractivity contribution in [1.82, 2.24) is 19.4 Å². The van der Waals surface area contributed by atoms with E-state index in [1.807, 2.05) is 67.1 Å². The maximum Gasteiger partial charge on any atom is 0.247 e. The molecular weight excluding hydrogens is 478 g/mol. The zero-order valence-corrected chi connectivity index (χ0v) is 21.8. The lowest BCUT2D eigenvalue weighted by Gasteiger charge is -2.38. The lowest BCUT2D eigenvalue weighted by atomic mass is 10.1. The van der Waals surface area contributed by atoms with Crippen LogP contribution >= 0.6 is 0 Å². The highest BCUT2D eigenvalue weighted by atomic mass is 16.3. The molecule has 0 spiro atoms. The van der Waals surface area contributed by atoms with Gasteiger partial charge in [0.25, 0.3) is 0 Å². The third kappa shape index (κ3) is 6.01. The third-order valence-electron chi connectivity index (χ3n) is 6.48. The lowest BCUT2D eigenvalue weighted by Crippen LogP contribution is -2.50. The second-order valence-electron chi connectivity index (χ2n) is 10.1. The number of nitrogens with one attached hydrogen (secondary N) is 2. The molecule has 3 heterocycles. The van der Waals surface area contributed by atoms with Crippen LogP contribution in [0.3, 0.4) is 0 Å². The van der Waals surface area contributed by atoms with Crippen molar-refractivity contribution in [2.75, 3.05) is 48.3 Å². The second-order valence-corrected chi connectivity index (χ2v) is 10.1. The van der Waals surface area contributed by atoms with Crippen LogP contribution in [0.1, 0.15) is 13.8 Å². The Bertz CT molecular complexity index is 1430. The number of nitrogens with zero attached hydrogens (tertiary/aromatic N) is 5. The molecule has 1 fully saturated rings. The number of piperazine rings is 1. The summed E-state index contributed by atoms with van der Waals surface area (Å²) in [6, 6.07) is 17.8. The molecule has 0 radical (unpaired) electrons. The fourth-order valence-electron chi connectivity index (χ4n) is 4.71. The molecule has 9 heteroatoms. The van der Waals surface area contributed by atoms with E-state index in [1.165, 1.54) is 11.8 Å². The number of carbonyl (C=O) groups excluding carboxylic acids is 1. The quantitative estimate of drug-likeness (QED) is 0.305. The highest BCUT2D eigenvalue weighted by Gasteiger charge is 2.22. The SMILES string of the molecule is C=CC(=O)Nc1cccc(-n2ccc3cnc(Nc4ccc(N5CCN(CC(C)(C)O)CC5)cc4)nc32)c1. The number of fused-ring (bicyclic) bond motifs is 1. The van der Waals surface area contributed by atoms with Gasteiger partial charge in [-0.25, -0.2) is 4.98 Å². The predicted octanol–water partition coefficient (Wildman–Crippen LogP) is 4.18. The Hall–Kier alpha value is -4.21. The summed E-state index contributed by atoms with van der Waals surface area (Å²) in [6.07, 6.45) is 4.98. The van der Waals surface area contributed by atoms with E-state index in [2.05, 4.69) is 44.1 Å². The van der Waals surface area contributed by atoms with E-state index in [4.69, 9.17) is 4.98 Å². The number of benzene rings is 2. The van der Waals surface area contributed by atoms with Crippen LogP contribution in [0.25, 0.3) is 16.7 Å². The Morgan fingerprint density at radius 2 is 1.82 bits per heavy atom. The van der Waals surface area contributed by atoms with Crippen molar-refractivity contribution >= 4 is 40.0 Å². The molecular formula is C29H33N7O2. The van der Waals surface area contributed by atoms with Gasteiger partial charge in [0.2, 0.25) is 11.9 Å². The molecule has 0 unspecified atom stereocenters. The van der Waals surface area contributed by atoms with Gasteiger partial charge in [-0.1, -0.05) is 12.6 Å². The summed E-state index contributed by atoms with van der Waals surface area (Å²) >= 11 is 0. The van der Waals surface area contributed by atoms with Crippen molar-refractivity contribution in [3.05, 3.63) is 79.6 Å². The molecule has 0 bridgehead atoms. The standard InChI is InChI=1S/C29H33N7O2/c1-4-26(37)31-23-6-5-7-25(18-23)36-13-12-21-19-30-28(33-27(21)36)32-22-8-10-24(11-9-22)35-16-14-34(15-17-35)20-29(2,3)38/h4-13,18-19,38H,1,14-17,20H2,2-3H3,(H,31,37)(H,30,32,33). The van der Waals surface area contributed by atoms with Crippen molar-refractivity contribution in [1.29, 1.82) is 0 Å². The maximum atomic E-state index is 11.7. The molecule has 1 saturated heterocycles. The number of amides is 1. The largest absolute Gasteiger partial charge is 0.389 e. The van der Waals surface area contributed by atoms with E-state index in [1.54, 1.807) is 6.20 Å². The fraction of sp³-hybridized carbons (Fsp3) is 0.276. The van der Waals surface area contributed by atoms with Crippen LogP contribution in [0.5, 0.6) is 0 Å². The highest BCUT2D eigenvalue weighted by molar-refractivity contribution is 5.99. The first-order valence-electron chi connectivity index (χ1n) is 12.7. The molecule has 38 heavy (non-hydrogen) atoms. The van der Waals surface area contributed by atoms with Gasteiger partial charge in [-0.3, -0.25) is 9.69 Å². The van der Waals surface area contributed by atoms with Crippen LogP contribution in [-0.4, -0.2) is 68.8 Å². The van der Waals surface area contributed by atoms with Crippen molar-refractivity contribution in [2.45, 2.75) is 19.4 Å². The Kier molecular flexibility index (Phi) is 7.13. The van der Waals surface area contributed by atoms with E-state index in [0.29, 0.717) is 18.2 Å². The van der Waals surface area contributed by atoms with Gasteiger partial charge in [-0.05, 0) is 68.5 Å². The van der Waals surface area contributed by atoms with Gasteiger partial charge in [0.15, 0.2) is 0 Å². The number of rotatable bonds is 8. The lowest BCUT2D eigenvalue weighted by molar-refractivity contribution is -0.111. The number of anilines is 4. The summed E-state index contributed by atoms with van der Waals surface area (Å²) in [7, 11) is 0. The summed E-state index contributed by atoms with van der Waals surface area (Å²) in [5.41, 5.74) is 3.72. The molecule has 196 valence electrons. The first kappa shape index (κ1) is 25.4. The molecule has 9 nitrogen and oxygen atoms in total. The second kappa shape index (κ2) is 10.6. The molecule has 3 N–H and O–H groups in total. The summed E-state index contributed by atoms with van der Waals surface area (Å²) in [4.78, 5) is 25.6. The third-order valence-corrected chi connectivity index (χ3v) is 6.48. The van der Waals surface area contributed by atoms with Crippen LogP contribution in [0, 0.1) is 0 Å². The van der Waals surface area contributed by atoms with E-state index in [9.17, 15) is 9.90 Å². The average molecular weight is 512 g/mol. The van der Waals surface area contributed by atoms with E-state index < -0.39 is 5.60 Å². The molecule has 1 aliphatic heterocycles. The summed E-state index contributed by atoms with van der Waals surface area (Å²) in [6.45, 7) is 11.6. The Labute approximate surface area is 222 Å². The van der Waals surface area contributed by atoms with Gasteiger partial charge in [-0.2, -0.15) is 4.98 Å². The summed E-state index contributed by atoms with van der Waals surface area (Å²) in [5.74, 6) is 0.244. The van der Waals surface area contributed by atoms with E-state index in [0.717, 1.165) is 48.6 Å². The number of hydrogen-bond acceptors (Lipinski definition) is 7. The van der Waals surface area contributed by atoms with Crippen LogP contribution < -0.4 is 15.5 Å². The molecule has 0 atom stereocenters. The Morgan fingerprint density at radius 1 is 1.05 bits per heavy atom. The molecule has 0 aliphatic carbocycles. The molecule has 2 aromatic heterocycles. The van der Waals surface area contributed by atoms with Crippen molar-refractivity contribution in [2.24, 2.45) is 0 Å². The molecule has 0 saturated carbocycles. The van der Waals surface area contributed by atoms with Gasteiger partial charge in [-0.15, -0.1) is 0 Å². The first-order chi connectivity index (χ1) is 18.3.